The van der Waals surface area contributed by atoms with Crippen LogP contribution in [-0.4, -0.2) is 97.6 Å². The Balaban J connectivity index is 1.26. The zero-order valence-electron chi connectivity index (χ0n) is 26.4. The van der Waals surface area contributed by atoms with Gasteiger partial charge in [-0.15, -0.1) is 5.10 Å². The third kappa shape index (κ3) is 5.66. The van der Waals surface area contributed by atoms with Crippen LogP contribution in [0.25, 0.3) is 11.0 Å². The lowest BCUT2D eigenvalue weighted by Crippen LogP contribution is -2.55. The maximum Gasteiger partial charge on any atom is 0.306 e. The number of esters is 1. The number of para-hydroxylation sites is 1. The van der Waals surface area contributed by atoms with Crippen molar-refractivity contribution in [2.75, 3.05) is 26.3 Å². The monoisotopic (exact) mass is 654 g/mol. The first-order chi connectivity index (χ1) is 23.4. The van der Waals surface area contributed by atoms with Gasteiger partial charge < -0.3 is 29.7 Å². The third-order valence-electron chi connectivity index (χ3n) is 9.68. The number of aromatic nitrogens is 3. The van der Waals surface area contributed by atoms with E-state index in [1.54, 1.807) is 27.8 Å². The van der Waals surface area contributed by atoms with Gasteiger partial charge in [0.25, 0.3) is 5.91 Å². The van der Waals surface area contributed by atoms with E-state index in [1.165, 1.54) is 4.90 Å². The van der Waals surface area contributed by atoms with Crippen molar-refractivity contribution in [2.45, 2.75) is 56.1 Å². The minimum Gasteiger partial charge on any atom is -0.463 e. The first-order valence-corrected chi connectivity index (χ1v) is 16.4. The first-order valence-electron chi connectivity index (χ1n) is 16.4. The van der Waals surface area contributed by atoms with Crippen molar-refractivity contribution in [1.82, 2.24) is 30.1 Å². The number of fused-ring (bicyclic) bond motifs is 3. The normalized spacial score (nSPS) is 29.7. The van der Waals surface area contributed by atoms with E-state index in [2.05, 4.69) is 15.6 Å². The Morgan fingerprint density at radius 1 is 0.979 bits per heavy atom. The largest absolute Gasteiger partial charge is 0.463 e. The van der Waals surface area contributed by atoms with E-state index in [0.717, 1.165) is 11.1 Å². The van der Waals surface area contributed by atoms with Crippen molar-refractivity contribution >= 4 is 34.7 Å². The Labute approximate surface area is 277 Å². The summed E-state index contributed by atoms with van der Waals surface area (Å²) in [5.74, 6) is -3.47. The number of allylic oxidation sites excluding steroid dienone is 1. The number of benzene rings is 2. The van der Waals surface area contributed by atoms with Crippen molar-refractivity contribution in [3.05, 3.63) is 84.5 Å². The predicted octanol–water partition coefficient (Wildman–Crippen LogP) is 1.89. The van der Waals surface area contributed by atoms with Crippen LogP contribution in [0.1, 0.15) is 37.3 Å². The Hall–Kier alpha value is -4.88. The van der Waals surface area contributed by atoms with Crippen molar-refractivity contribution in [3.63, 3.8) is 0 Å². The molecule has 1 spiro atoms. The number of cyclic esters (lactones) is 1. The molecule has 0 unspecified atom stereocenters. The Kier molecular flexibility index (Phi) is 8.80. The number of unbranched alkanes of at least 4 members (excludes halogenated alkanes) is 1. The number of hydrogen-bond donors (Lipinski definition) is 2. The Morgan fingerprint density at radius 2 is 1.79 bits per heavy atom. The van der Waals surface area contributed by atoms with Gasteiger partial charge >= 0.3 is 5.97 Å². The molecule has 7 rings (SSSR count). The van der Waals surface area contributed by atoms with Gasteiger partial charge in [0.15, 0.2) is 0 Å². The standard InChI is InChI=1S/C35H38N6O7/c42-20-9-8-19-40-31-34(46)39(22-41-26-14-5-4-13-24(26)37-38-41)18-10-17-35(31)30(33(40)45)29-27(48-35)15-6-7-16-28(43)47-21-25(36-32(29)44)23-11-2-1-3-12-23/h1-6,10-15,17,25,27,29-31,42H,7-9,16,18-22H2,(H,36,44)/b15-6-/t25-,27+,29-,30-,31+,35-/m1/s1. The van der Waals surface area contributed by atoms with E-state index in [9.17, 15) is 24.3 Å². The zero-order chi connectivity index (χ0) is 33.3. The van der Waals surface area contributed by atoms with Crippen LogP contribution in [0.4, 0.5) is 0 Å². The fraction of sp³-hybridized carbons (Fsp3) is 0.429. The highest BCUT2D eigenvalue weighted by atomic mass is 16.5. The highest BCUT2D eigenvalue weighted by Crippen LogP contribution is 2.53. The van der Waals surface area contributed by atoms with Crippen LogP contribution >= 0.6 is 0 Å². The number of carbonyl (C=O) groups is 4. The van der Waals surface area contributed by atoms with Crippen LogP contribution in [0.2, 0.25) is 0 Å². The third-order valence-corrected chi connectivity index (χ3v) is 9.68. The van der Waals surface area contributed by atoms with Gasteiger partial charge in [0.1, 0.15) is 30.4 Å². The smallest absolute Gasteiger partial charge is 0.306 e. The van der Waals surface area contributed by atoms with E-state index >= 15 is 0 Å². The molecular formula is C35H38N6O7. The molecule has 0 saturated carbocycles. The fourth-order valence-corrected chi connectivity index (χ4v) is 7.43. The van der Waals surface area contributed by atoms with Gasteiger partial charge in [0, 0.05) is 26.1 Å². The average Bonchev–Trinajstić information content (AvgIpc) is 3.69. The van der Waals surface area contributed by atoms with Gasteiger partial charge in [-0.1, -0.05) is 72.0 Å². The minimum atomic E-state index is -1.43. The lowest BCUT2D eigenvalue weighted by molar-refractivity contribution is -0.149. The molecule has 5 heterocycles. The molecule has 2 aromatic carbocycles. The maximum absolute atomic E-state index is 14.6. The van der Waals surface area contributed by atoms with Crippen LogP contribution < -0.4 is 5.32 Å². The van der Waals surface area contributed by atoms with Crippen LogP contribution in [0.15, 0.2) is 78.9 Å². The molecule has 13 nitrogen and oxygen atoms in total. The molecule has 0 aliphatic carbocycles. The van der Waals surface area contributed by atoms with Crippen molar-refractivity contribution in [1.29, 1.82) is 0 Å². The predicted molar refractivity (Wildman–Crippen MR) is 171 cm³/mol. The second kappa shape index (κ2) is 13.3. The van der Waals surface area contributed by atoms with Crippen LogP contribution in [0.3, 0.4) is 0 Å². The van der Waals surface area contributed by atoms with E-state index in [1.807, 2.05) is 60.7 Å². The minimum absolute atomic E-state index is 0.0551. The molecule has 0 radical (unpaired) electrons. The van der Waals surface area contributed by atoms with E-state index < -0.39 is 41.5 Å². The lowest BCUT2D eigenvalue weighted by atomic mass is 9.77. The van der Waals surface area contributed by atoms with Gasteiger partial charge in [0.2, 0.25) is 11.8 Å². The summed E-state index contributed by atoms with van der Waals surface area (Å²) < 4.78 is 14.0. The molecule has 6 atom stereocenters. The number of aliphatic hydroxyl groups excluding tert-OH is 1. The summed E-state index contributed by atoms with van der Waals surface area (Å²) in [5, 5.41) is 21.1. The molecule has 13 heteroatoms. The molecule has 4 aliphatic rings. The Bertz CT molecular complexity index is 1760. The van der Waals surface area contributed by atoms with Gasteiger partial charge in [-0.3, -0.25) is 19.2 Å². The molecule has 2 fully saturated rings. The van der Waals surface area contributed by atoms with Crippen molar-refractivity contribution in [2.24, 2.45) is 11.8 Å². The Morgan fingerprint density at radius 3 is 2.62 bits per heavy atom. The molecule has 4 aliphatic heterocycles. The van der Waals surface area contributed by atoms with Gasteiger partial charge in [-0.05, 0) is 37.0 Å². The number of aliphatic hydroxyl groups is 1. The molecule has 3 aromatic rings. The highest BCUT2D eigenvalue weighted by Gasteiger charge is 2.71. The van der Waals surface area contributed by atoms with Gasteiger partial charge in [-0.25, -0.2) is 4.68 Å². The molecule has 1 aromatic heterocycles. The number of nitrogens with one attached hydrogen (secondary N) is 1. The number of ether oxygens (including phenoxy) is 2. The fourth-order valence-electron chi connectivity index (χ4n) is 7.43. The summed E-state index contributed by atoms with van der Waals surface area (Å²) >= 11 is 0. The number of amides is 3. The quantitative estimate of drug-likeness (QED) is 0.221. The van der Waals surface area contributed by atoms with E-state index in [0.29, 0.717) is 24.8 Å². The number of hydrogen-bond acceptors (Lipinski definition) is 9. The molecule has 3 amide bonds. The SMILES string of the molecule is O=C1CC/C=C\[C@@H]2O[C@@]34C=CCN(Cn5nnc6ccccc65)C(=O)[C@@H]3N(CCCCO)C(=O)[C@H]4[C@@H]2C(=O)N[C@@H](c2ccccc2)CO1. The molecule has 2 N–H and O–H groups in total. The summed E-state index contributed by atoms with van der Waals surface area (Å²) in [4.78, 5) is 59.2. The number of likely N-dealkylation sites (tertiary alicyclic amines) is 1. The number of carbonyl (C=O) groups excluding carboxylic acids is 4. The topological polar surface area (TPSA) is 156 Å². The van der Waals surface area contributed by atoms with Gasteiger partial charge in [0.05, 0.1) is 29.5 Å². The van der Waals surface area contributed by atoms with Crippen molar-refractivity contribution in [3.8, 4) is 0 Å². The number of rotatable bonds is 7. The van der Waals surface area contributed by atoms with Crippen molar-refractivity contribution < 1.29 is 33.8 Å². The second-order valence-electron chi connectivity index (χ2n) is 12.6. The second-order valence-corrected chi connectivity index (χ2v) is 12.6. The molecule has 2 saturated heterocycles. The zero-order valence-corrected chi connectivity index (χ0v) is 26.4. The molecule has 250 valence electrons. The van der Waals surface area contributed by atoms with Gasteiger partial charge in [-0.2, -0.15) is 0 Å². The van der Waals surface area contributed by atoms with Crippen LogP contribution in [0, 0.1) is 11.8 Å². The lowest BCUT2D eigenvalue weighted by Gasteiger charge is -2.35. The summed E-state index contributed by atoms with van der Waals surface area (Å²) in [6.45, 7) is 0.413. The summed E-state index contributed by atoms with van der Waals surface area (Å²) in [6, 6.07) is 15.0. The first kappa shape index (κ1) is 31.7. The summed E-state index contributed by atoms with van der Waals surface area (Å²) in [6.07, 6.45) is 7.68. The van der Waals surface area contributed by atoms with Crippen LogP contribution in [-0.2, 0) is 35.3 Å². The highest BCUT2D eigenvalue weighted by molar-refractivity contribution is 5.99. The van der Waals surface area contributed by atoms with Crippen LogP contribution in [0.5, 0.6) is 0 Å². The molecule has 48 heavy (non-hydrogen) atoms. The molecular weight excluding hydrogens is 616 g/mol. The summed E-state index contributed by atoms with van der Waals surface area (Å²) in [7, 11) is 0. The average molecular weight is 655 g/mol. The summed E-state index contributed by atoms with van der Waals surface area (Å²) in [5.41, 5.74) is 0.776. The van der Waals surface area contributed by atoms with E-state index in [4.69, 9.17) is 9.47 Å². The maximum atomic E-state index is 14.6. The number of nitrogens with zero attached hydrogens (tertiary/aromatic N) is 5. The van der Waals surface area contributed by atoms with E-state index in [-0.39, 0.29) is 57.2 Å². The molecule has 0 bridgehead atoms.